The number of ether oxygens (including phenoxy) is 1. The predicted octanol–water partition coefficient (Wildman–Crippen LogP) is 3.73. The molecule has 0 unspecified atom stereocenters. The normalized spacial score (nSPS) is 26.4. The number of esters is 1. The van der Waals surface area contributed by atoms with Gasteiger partial charge in [-0.25, -0.2) is 4.79 Å². The highest BCUT2D eigenvalue weighted by molar-refractivity contribution is 5.90. The highest BCUT2D eigenvalue weighted by atomic mass is 16.5. The van der Waals surface area contributed by atoms with Gasteiger partial charge < -0.3 is 14.3 Å². The number of aliphatic hydroxyl groups is 1. The number of fused-ring (bicyclic) bond motifs is 3. The molecule has 24 heavy (non-hydrogen) atoms. The highest BCUT2D eigenvalue weighted by Gasteiger charge is 2.27. The van der Waals surface area contributed by atoms with Gasteiger partial charge in [0.1, 0.15) is 17.6 Å². The third-order valence-corrected chi connectivity index (χ3v) is 4.85. The summed E-state index contributed by atoms with van der Waals surface area (Å²) in [5, 5.41) is 9.61. The maximum absolute atomic E-state index is 12.0. The molecule has 0 spiro atoms. The molecular weight excluding hydrogens is 304 g/mol. The Bertz CT molecular complexity index is 720. The fourth-order valence-electron chi connectivity index (χ4n) is 3.35. The van der Waals surface area contributed by atoms with E-state index in [1.54, 1.807) is 0 Å². The highest BCUT2D eigenvalue weighted by Crippen LogP contribution is 2.31. The van der Waals surface area contributed by atoms with Crippen LogP contribution in [0.3, 0.4) is 0 Å². The van der Waals surface area contributed by atoms with Crippen LogP contribution in [0.5, 0.6) is 0 Å². The third kappa shape index (κ3) is 3.54. The van der Waals surface area contributed by atoms with Crippen molar-refractivity contribution >= 4 is 12.0 Å². The maximum atomic E-state index is 12.0. The SMILES string of the molecule is C=C(C)[C@@H]1CCC2=C[C@H](C/C(CO)=C\c3cc(C)c(o3)C1)OC2=O. The molecule has 0 aromatic carbocycles. The van der Waals surface area contributed by atoms with Gasteiger partial charge in [-0.1, -0.05) is 12.2 Å². The van der Waals surface area contributed by atoms with Gasteiger partial charge in [0.25, 0.3) is 0 Å². The standard InChI is InChI=1S/C20H24O4/c1-12(2)15-4-5-16-9-18(24-20(16)22)8-14(11-21)7-17-6-13(3)19(10-15)23-17/h6-7,9,15,18,21H,1,4-5,8,10-11H2,2-3H3/b14-7+/t15-,18+/m1/s1. The topological polar surface area (TPSA) is 59.7 Å². The molecule has 4 heteroatoms. The van der Waals surface area contributed by atoms with Crippen molar-refractivity contribution in [2.45, 2.75) is 45.6 Å². The minimum atomic E-state index is -0.300. The van der Waals surface area contributed by atoms with Crippen molar-refractivity contribution in [3.63, 3.8) is 0 Å². The molecule has 4 bridgehead atoms. The Kier molecular flexibility index (Phi) is 4.76. The second-order valence-corrected chi connectivity index (χ2v) is 6.84. The Morgan fingerprint density at radius 1 is 1.42 bits per heavy atom. The molecule has 0 amide bonds. The summed E-state index contributed by atoms with van der Waals surface area (Å²) in [5.74, 6) is 1.72. The Labute approximate surface area is 142 Å². The molecule has 1 aromatic heterocycles. The molecule has 1 N–H and O–H groups in total. The van der Waals surface area contributed by atoms with Gasteiger partial charge in [-0.3, -0.25) is 0 Å². The first-order valence-corrected chi connectivity index (χ1v) is 8.43. The number of aliphatic hydroxyl groups excluding tert-OH is 1. The van der Waals surface area contributed by atoms with Crippen LogP contribution in [0.4, 0.5) is 0 Å². The molecule has 0 radical (unpaired) electrons. The van der Waals surface area contributed by atoms with Crippen molar-refractivity contribution < 1.29 is 19.1 Å². The van der Waals surface area contributed by atoms with E-state index in [0.29, 0.717) is 12.8 Å². The van der Waals surface area contributed by atoms with Crippen LogP contribution in [0.2, 0.25) is 0 Å². The quantitative estimate of drug-likeness (QED) is 0.664. The van der Waals surface area contributed by atoms with E-state index in [0.717, 1.165) is 46.6 Å². The summed E-state index contributed by atoms with van der Waals surface area (Å²) in [6.45, 7) is 8.08. The number of hydrogen-bond acceptors (Lipinski definition) is 4. The smallest absolute Gasteiger partial charge is 0.334 e. The summed E-state index contributed by atoms with van der Waals surface area (Å²) >= 11 is 0. The van der Waals surface area contributed by atoms with Gasteiger partial charge in [0.15, 0.2) is 0 Å². The molecule has 128 valence electrons. The molecule has 2 aliphatic rings. The van der Waals surface area contributed by atoms with Crippen LogP contribution in [0.1, 0.15) is 43.3 Å². The van der Waals surface area contributed by atoms with Crippen molar-refractivity contribution in [1.29, 1.82) is 0 Å². The number of allylic oxidation sites excluding steroid dienone is 1. The van der Waals surface area contributed by atoms with Gasteiger partial charge in [0, 0.05) is 18.4 Å². The molecule has 1 aromatic rings. The molecule has 0 fully saturated rings. The second kappa shape index (κ2) is 6.81. The van der Waals surface area contributed by atoms with Crippen LogP contribution in [-0.4, -0.2) is 23.8 Å². The number of carbonyl (C=O) groups excluding carboxylic acids is 1. The first-order chi connectivity index (χ1) is 11.5. The van der Waals surface area contributed by atoms with Crippen molar-refractivity contribution in [2.75, 3.05) is 6.61 Å². The molecule has 0 saturated heterocycles. The monoisotopic (exact) mass is 328 g/mol. The fraction of sp³-hybridized carbons (Fsp3) is 0.450. The van der Waals surface area contributed by atoms with Crippen molar-refractivity contribution in [1.82, 2.24) is 0 Å². The average Bonchev–Trinajstić information content (AvgIpc) is 3.05. The molecule has 3 rings (SSSR count). The Morgan fingerprint density at radius 2 is 2.21 bits per heavy atom. The number of aryl methyl sites for hydroxylation is 1. The molecule has 4 nitrogen and oxygen atoms in total. The fourth-order valence-corrected chi connectivity index (χ4v) is 3.35. The van der Waals surface area contributed by atoms with E-state index in [9.17, 15) is 9.90 Å². The van der Waals surface area contributed by atoms with E-state index in [4.69, 9.17) is 9.15 Å². The number of carbonyl (C=O) groups is 1. The Balaban J connectivity index is 1.98. The Morgan fingerprint density at radius 3 is 2.92 bits per heavy atom. The van der Waals surface area contributed by atoms with Gasteiger partial charge in [0.2, 0.25) is 0 Å². The van der Waals surface area contributed by atoms with E-state index in [-0.39, 0.29) is 24.6 Å². The summed E-state index contributed by atoms with van der Waals surface area (Å²) in [5.41, 5.74) is 3.73. The van der Waals surface area contributed by atoms with Crippen LogP contribution >= 0.6 is 0 Å². The largest absolute Gasteiger partial charge is 0.461 e. The summed E-state index contributed by atoms with van der Waals surface area (Å²) < 4.78 is 11.4. The minimum absolute atomic E-state index is 0.0826. The molecule has 2 atom stereocenters. The first-order valence-electron chi connectivity index (χ1n) is 8.43. The van der Waals surface area contributed by atoms with Crippen LogP contribution in [0.25, 0.3) is 6.08 Å². The second-order valence-electron chi connectivity index (χ2n) is 6.84. The van der Waals surface area contributed by atoms with Crippen molar-refractivity contribution in [2.24, 2.45) is 5.92 Å². The van der Waals surface area contributed by atoms with E-state index < -0.39 is 0 Å². The summed E-state index contributed by atoms with van der Waals surface area (Å²) in [4.78, 5) is 12.0. The molecule has 3 heterocycles. The van der Waals surface area contributed by atoms with Crippen LogP contribution in [0.15, 0.2) is 39.9 Å². The zero-order valence-electron chi connectivity index (χ0n) is 14.3. The van der Waals surface area contributed by atoms with Gasteiger partial charge in [-0.15, -0.1) is 0 Å². The number of hydrogen-bond donors (Lipinski definition) is 1. The predicted molar refractivity (Wildman–Crippen MR) is 92.3 cm³/mol. The minimum Gasteiger partial charge on any atom is -0.461 e. The number of rotatable bonds is 2. The van der Waals surface area contributed by atoms with Crippen molar-refractivity contribution in [3.05, 3.63) is 52.5 Å². The molecule has 0 saturated carbocycles. The molecule has 2 aliphatic heterocycles. The average molecular weight is 328 g/mol. The zero-order chi connectivity index (χ0) is 17.3. The lowest BCUT2D eigenvalue weighted by atomic mass is 9.89. The maximum Gasteiger partial charge on any atom is 0.334 e. The van der Waals surface area contributed by atoms with Crippen molar-refractivity contribution in [3.8, 4) is 0 Å². The summed E-state index contributed by atoms with van der Waals surface area (Å²) in [6, 6.07) is 1.99. The van der Waals surface area contributed by atoms with E-state index in [2.05, 4.69) is 6.58 Å². The van der Waals surface area contributed by atoms with Gasteiger partial charge in [-0.05, 0) is 62.0 Å². The lowest BCUT2D eigenvalue weighted by molar-refractivity contribution is -0.139. The van der Waals surface area contributed by atoms with Gasteiger partial charge in [-0.2, -0.15) is 0 Å². The van der Waals surface area contributed by atoms with Crippen LogP contribution < -0.4 is 0 Å². The van der Waals surface area contributed by atoms with E-state index >= 15 is 0 Å². The molecular formula is C20H24O4. The lowest BCUT2D eigenvalue weighted by Crippen LogP contribution is -2.11. The Hall–Kier alpha value is -2.07. The summed E-state index contributed by atoms with van der Waals surface area (Å²) in [7, 11) is 0. The van der Waals surface area contributed by atoms with E-state index in [1.807, 2.05) is 32.1 Å². The van der Waals surface area contributed by atoms with Gasteiger partial charge >= 0.3 is 5.97 Å². The molecule has 0 aliphatic carbocycles. The van der Waals surface area contributed by atoms with Crippen LogP contribution in [0, 0.1) is 12.8 Å². The lowest BCUT2D eigenvalue weighted by Gasteiger charge is -2.16. The zero-order valence-corrected chi connectivity index (χ0v) is 14.3. The van der Waals surface area contributed by atoms with E-state index in [1.165, 1.54) is 0 Å². The van der Waals surface area contributed by atoms with Gasteiger partial charge in [0.05, 0.1) is 6.61 Å². The third-order valence-electron chi connectivity index (χ3n) is 4.85. The number of furan rings is 1. The summed E-state index contributed by atoms with van der Waals surface area (Å²) in [6.07, 6.45) is 6.24. The van der Waals surface area contributed by atoms with Crippen LogP contribution in [-0.2, 0) is 16.0 Å². The first kappa shape index (κ1) is 16.8.